The molecule has 2 N–H and O–H groups in total. The van der Waals surface area contributed by atoms with Gasteiger partial charge in [-0.15, -0.1) is 27.8 Å². The molecule has 0 bridgehead atoms. The van der Waals surface area contributed by atoms with Crippen LogP contribution in [0.2, 0.25) is 0 Å². The van der Waals surface area contributed by atoms with Crippen molar-refractivity contribution in [3.8, 4) is 0 Å². The maximum absolute atomic E-state index is 7.00. The maximum atomic E-state index is 7.00. The standard InChI is InChI=1S/2C7H11P2.2CH4O.Ti/c2*1-8-6-3-4-7(5-6)9-2;2*1-2;/h2*3-5,8-9H,1-2H3;2*2H,1H3;/q2*-1;;;+2. The van der Waals surface area contributed by atoms with E-state index in [0.29, 0.717) is 0 Å². The van der Waals surface area contributed by atoms with Crippen LogP contribution in [0.1, 0.15) is 0 Å². The largest absolute Gasteiger partial charge is 2.00 e. The van der Waals surface area contributed by atoms with E-state index in [9.17, 15) is 0 Å². The Morgan fingerprint density at radius 3 is 1.09 bits per heavy atom. The Morgan fingerprint density at radius 1 is 0.652 bits per heavy atom. The van der Waals surface area contributed by atoms with E-state index in [0.717, 1.165) is 48.5 Å². The van der Waals surface area contributed by atoms with Crippen LogP contribution in [0, 0.1) is 0 Å². The summed E-state index contributed by atoms with van der Waals surface area (Å²) in [6, 6.07) is 13.5. The second kappa shape index (κ2) is 21.1. The van der Waals surface area contributed by atoms with Gasteiger partial charge in [-0.05, 0) is 13.3 Å². The molecule has 0 fully saturated rings. The molecule has 0 spiro atoms. The first-order valence-corrected chi connectivity index (χ1v) is 12.9. The van der Waals surface area contributed by atoms with Crippen molar-refractivity contribution in [3.63, 3.8) is 0 Å². The summed E-state index contributed by atoms with van der Waals surface area (Å²) in [6.45, 7) is 8.88. The molecule has 0 aromatic heterocycles. The summed E-state index contributed by atoms with van der Waals surface area (Å²) >= 11 is 0. The van der Waals surface area contributed by atoms with Gasteiger partial charge in [0.2, 0.25) is 0 Å². The third kappa shape index (κ3) is 14.0. The smallest absolute Gasteiger partial charge is 0.400 e. The van der Waals surface area contributed by atoms with Gasteiger partial charge in [-0.25, -0.2) is 0 Å². The minimum Gasteiger partial charge on any atom is -0.400 e. The molecule has 7 heteroatoms. The van der Waals surface area contributed by atoms with Gasteiger partial charge in [0, 0.05) is 14.2 Å². The van der Waals surface area contributed by atoms with Gasteiger partial charge in [0.25, 0.3) is 0 Å². The molecule has 0 saturated carbocycles. The Morgan fingerprint density at radius 2 is 0.957 bits per heavy atom. The SMILES string of the molecule is CO.CO.CPc1c[cH-]c(PC)c1.CPc1c[cH-]c(PC)c1.[Ti+2]. The summed E-state index contributed by atoms with van der Waals surface area (Å²) in [7, 11) is 5.83. The summed E-state index contributed by atoms with van der Waals surface area (Å²) in [5, 5.41) is 20.0. The van der Waals surface area contributed by atoms with Gasteiger partial charge in [-0.1, -0.05) is 13.3 Å². The van der Waals surface area contributed by atoms with E-state index >= 15 is 0 Å². The molecule has 0 amide bonds. The predicted molar refractivity (Wildman–Crippen MR) is 116 cm³/mol. The van der Waals surface area contributed by atoms with E-state index < -0.39 is 0 Å². The molecule has 2 aromatic rings. The van der Waals surface area contributed by atoms with Crippen LogP contribution >= 0.6 is 34.3 Å². The van der Waals surface area contributed by atoms with Gasteiger partial charge in [0.15, 0.2) is 0 Å². The van der Waals surface area contributed by atoms with Crippen molar-refractivity contribution >= 4 is 55.5 Å². The van der Waals surface area contributed by atoms with Crippen LogP contribution < -0.4 is 21.2 Å². The van der Waals surface area contributed by atoms with Gasteiger partial charge >= 0.3 is 21.7 Å². The Kier molecular flexibility index (Phi) is 26.5. The second-order valence-electron chi connectivity index (χ2n) is 3.78. The third-order valence-corrected chi connectivity index (χ3v) is 6.22. The molecule has 130 valence electrons. The average molecular weight is 426 g/mol. The number of rotatable bonds is 4. The molecular weight excluding hydrogens is 396 g/mol. The second-order valence-corrected chi connectivity index (χ2v) is 8.09. The van der Waals surface area contributed by atoms with Crippen LogP contribution in [0.5, 0.6) is 0 Å². The molecule has 2 nitrogen and oxygen atoms in total. The van der Waals surface area contributed by atoms with E-state index in [2.05, 4.69) is 63.1 Å². The molecular formula is C16H30O2P4Ti. The molecule has 2 rings (SSSR count). The maximum Gasteiger partial charge on any atom is 2.00 e. The van der Waals surface area contributed by atoms with Crippen molar-refractivity contribution in [2.45, 2.75) is 0 Å². The molecule has 0 aliphatic heterocycles. The fraction of sp³-hybridized carbons (Fsp3) is 0.375. The van der Waals surface area contributed by atoms with Crippen molar-refractivity contribution in [1.82, 2.24) is 0 Å². The Balaban J connectivity index is -0.000000276. The van der Waals surface area contributed by atoms with Crippen LogP contribution in [0.3, 0.4) is 0 Å². The van der Waals surface area contributed by atoms with Crippen LogP contribution in [-0.2, 0) is 21.7 Å². The molecule has 0 heterocycles. The monoisotopic (exact) mass is 426 g/mol. The first kappa shape index (κ1) is 28.8. The first-order valence-electron chi connectivity index (χ1n) is 6.87. The quantitative estimate of drug-likeness (QED) is 0.445. The first-order chi connectivity index (χ1) is 10.7. The fourth-order valence-corrected chi connectivity index (χ4v) is 4.00. The molecule has 23 heavy (non-hydrogen) atoms. The Hall–Kier alpha value is 1.05. The van der Waals surface area contributed by atoms with Crippen LogP contribution in [0.15, 0.2) is 36.4 Å². The molecule has 2 aromatic carbocycles. The predicted octanol–water partition coefficient (Wildman–Crippen LogP) is 1.76. The summed E-state index contributed by atoms with van der Waals surface area (Å²) in [4.78, 5) is 0. The van der Waals surface area contributed by atoms with Crippen LogP contribution in [-0.4, -0.2) is 51.1 Å². The number of hydrogen-bond acceptors (Lipinski definition) is 2. The van der Waals surface area contributed by atoms with Crippen molar-refractivity contribution < 1.29 is 31.9 Å². The zero-order chi connectivity index (χ0) is 17.4. The molecule has 0 aliphatic carbocycles. The van der Waals surface area contributed by atoms with Crippen LogP contribution in [0.25, 0.3) is 0 Å². The minimum absolute atomic E-state index is 0. The molecule has 4 atom stereocenters. The van der Waals surface area contributed by atoms with E-state index in [1.54, 1.807) is 0 Å². The number of aliphatic hydroxyl groups is 2. The van der Waals surface area contributed by atoms with Gasteiger partial charge in [-0.2, -0.15) is 64.2 Å². The van der Waals surface area contributed by atoms with Crippen molar-refractivity contribution in [3.05, 3.63) is 36.4 Å². The van der Waals surface area contributed by atoms with Crippen LogP contribution in [0.4, 0.5) is 0 Å². The topological polar surface area (TPSA) is 40.5 Å². The van der Waals surface area contributed by atoms with E-state index in [1.165, 1.54) is 21.2 Å². The third-order valence-electron chi connectivity index (χ3n) is 2.66. The minimum atomic E-state index is 0. The van der Waals surface area contributed by atoms with Crippen molar-refractivity contribution in [2.75, 3.05) is 40.9 Å². The Labute approximate surface area is 164 Å². The average Bonchev–Trinajstić information content (AvgIpc) is 3.27. The van der Waals surface area contributed by atoms with Crippen molar-refractivity contribution in [1.29, 1.82) is 0 Å². The van der Waals surface area contributed by atoms with Gasteiger partial charge in [-0.3, -0.25) is 0 Å². The summed E-state index contributed by atoms with van der Waals surface area (Å²) < 4.78 is 0. The van der Waals surface area contributed by atoms with Gasteiger partial charge in [0.05, 0.1) is 0 Å². The Bertz CT molecular complexity index is 379. The van der Waals surface area contributed by atoms with E-state index in [1.807, 2.05) is 0 Å². The summed E-state index contributed by atoms with van der Waals surface area (Å²) in [5.74, 6) is 0. The summed E-state index contributed by atoms with van der Waals surface area (Å²) in [5.41, 5.74) is 0. The van der Waals surface area contributed by atoms with Crippen molar-refractivity contribution in [2.24, 2.45) is 0 Å². The fourth-order valence-electron chi connectivity index (χ4n) is 1.51. The van der Waals surface area contributed by atoms with Gasteiger partial charge in [0.1, 0.15) is 0 Å². The van der Waals surface area contributed by atoms with E-state index in [4.69, 9.17) is 10.2 Å². The number of hydrogen-bond donors (Lipinski definition) is 2. The van der Waals surface area contributed by atoms with Gasteiger partial charge < -0.3 is 10.2 Å². The molecule has 0 aliphatic rings. The molecule has 0 saturated heterocycles. The zero-order valence-corrected chi connectivity index (χ0v) is 20.4. The number of aliphatic hydroxyl groups excluding tert-OH is 2. The van der Waals surface area contributed by atoms with E-state index in [-0.39, 0.29) is 21.7 Å². The zero-order valence-electron chi connectivity index (χ0n) is 14.9. The molecule has 4 unspecified atom stereocenters. The molecule has 0 radical (unpaired) electrons. The normalized spacial score (nSPS) is 10.4. The summed E-state index contributed by atoms with van der Waals surface area (Å²) in [6.07, 6.45) is 0.